The third-order valence-electron chi connectivity index (χ3n) is 4.09. The summed E-state index contributed by atoms with van der Waals surface area (Å²) in [4.78, 5) is 4.84. The summed E-state index contributed by atoms with van der Waals surface area (Å²) < 4.78 is 3.71. The molecular formula is C15H18ClIN2S. The minimum Gasteiger partial charge on any atom is -0.324 e. The lowest BCUT2D eigenvalue weighted by molar-refractivity contribution is 0.522. The Hall–Kier alpha value is 0.0600. The van der Waals surface area contributed by atoms with E-state index in [2.05, 4.69) is 51.6 Å². The van der Waals surface area contributed by atoms with E-state index < -0.39 is 0 Å². The van der Waals surface area contributed by atoms with Crippen molar-refractivity contribution in [3.8, 4) is 0 Å². The van der Waals surface area contributed by atoms with E-state index in [1.165, 1.54) is 28.3 Å². The number of benzene rings is 1. The number of aromatic nitrogens is 2. The Labute approximate surface area is 142 Å². The molecule has 0 amide bonds. The van der Waals surface area contributed by atoms with Gasteiger partial charge in [0.05, 0.1) is 11.0 Å². The maximum atomic E-state index is 5.98. The summed E-state index contributed by atoms with van der Waals surface area (Å²) >= 11 is 10.3. The molecule has 20 heavy (non-hydrogen) atoms. The monoisotopic (exact) mass is 420 g/mol. The second-order valence-electron chi connectivity index (χ2n) is 5.24. The number of thioether (sulfide) groups is 1. The van der Waals surface area contributed by atoms with Gasteiger partial charge in [-0.3, -0.25) is 0 Å². The van der Waals surface area contributed by atoms with Gasteiger partial charge in [-0.05, 0) is 59.9 Å². The van der Waals surface area contributed by atoms with Crippen molar-refractivity contribution in [3.05, 3.63) is 27.6 Å². The number of nitrogens with zero attached hydrogens (tertiary/aromatic N) is 2. The average molecular weight is 421 g/mol. The van der Waals surface area contributed by atoms with Crippen LogP contribution in [0.2, 0.25) is 0 Å². The lowest BCUT2D eigenvalue weighted by Gasteiger charge is -2.22. The van der Waals surface area contributed by atoms with Gasteiger partial charge in [-0.1, -0.05) is 6.42 Å². The van der Waals surface area contributed by atoms with Crippen LogP contribution in [0.5, 0.6) is 0 Å². The first-order valence-electron chi connectivity index (χ1n) is 6.99. The first-order chi connectivity index (χ1) is 9.74. The highest BCUT2D eigenvalue weighted by Crippen LogP contribution is 2.40. The van der Waals surface area contributed by atoms with Crippen LogP contribution in [0.1, 0.15) is 31.1 Å². The molecule has 0 N–H and O–H groups in total. The maximum absolute atomic E-state index is 5.98. The van der Waals surface area contributed by atoms with Crippen LogP contribution >= 0.6 is 46.0 Å². The maximum Gasteiger partial charge on any atom is 0.111 e. The largest absolute Gasteiger partial charge is 0.324 e. The molecule has 2 unspecified atom stereocenters. The van der Waals surface area contributed by atoms with Crippen LogP contribution in [0, 0.1) is 3.57 Å². The summed E-state index contributed by atoms with van der Waals surface area (Å²) in [5, 5.41) is 0.709. The van der Waals surface area contributed by atoms with Crippen molar-refractivity contribution in [1.29, 1.82) is 0 Å². The molecule has 1 heterocycles. The molecule has 3 rings (SSSR count). The first-order valence-corrected chi connectivity index (χ1v) is 9.90. The van der Waals surface area contributed by atoms with Gasteiger partial charge in [0.2, 0.25) is 0 Å². The zero-order valence-corrected chi connectivity index (χ0v) is 15.2. The second-order valence-corrected chi connectivity index (χ2v) is 7.94. The Balaban J connectivity index is 2.13. The van der Waals surface area contributed by atoms with E-state index in [-0.39, 0.29) is 0 Å². The van der Waals surface area contributed by atoms with Crippen LogP contribution in [0.25, 0.3) is 11.0 Å². The molecule has 0 spiro atoms. The van der Waals surface area contributed by atoms with Gasteiger partial charge in [0.1, 0.15) is 5.82 Å². The molecule has 1 aromatic heterocycles. The van der Waals surface area contributed by atoms with Crippen molar-refractivity contribution in [2.75, 3.05) is 12.1 Å². The summed E-state index contributed by atoms with van der Waals surface area (Å²) in [6.45, 7) is 0. The van der Waals surface area contributed by atoms with Crippen molar-refractivity contribution < 1.29 is 0 Å². The molecule has 1 aliphatic carbocycles. The van der Waals surface area contributed by atoms with Gasteiger partial charge in [-0.2, -0.15) is 11.8 Å². The number of halogens is 2. The van der Waals surface area contributed by atoms with Gasteiger partial charge >= 0.3 is 0 Å². The van der Waals surface area contributed by atoms with E-state index >= 15 is 0 Å². The fourth-order valence-corrected chi connectivity index (χ4v) is 4.85. The normalized spacial score (nSPS) is 22.8. The van der Waals surface area contributed by atoms with Crippen molar-refractivity contribution in [2.24, 2.45) is 0 Å². The van der Waals surface area contributed by atoms with E-state index in [0.29, 0.717) is 17.2 Å². The van der Waals surface area contributed by atoms with Gasteiger partial charge in [0.15, 0.2) is 0 Å². The van der Waals surface area contributed by atoms with E-state index in [4.69, 9.17) is 16.6 Å². The molecule has 1 aliphatic rings. The lowest BCUT2D eigenvalue weighted by Crippen LogP contribution is -2.18. The van der Waals surface area contributed by atoms with Crippen molar-refractivity contribution in [2.45, 2.75) is 37.0 Å². The molecule has 2 atom stereocenters. The highest BCUT2D eigenvalue weighted by molar-refractivity contribution is 14.1. The molecule has 0 bridgehead atoms. The van der Waals surface area contributed by atoms with E-state index in [1.807, 2.05) is 11.8 Å². The van der Waals surface area contributed by atoms with Crippen LogP contribution in [0.4, 0.5) is 0 Å². The molecule has 0 radical (unpaired) electrons. The van der Waals surface area contributed by atoms with Gasteiger partial charge in [0.25, 0.3) is 0 Å². The minimum absolute atomic E-state index is 0.577. The zero-order valence-electron chi connectivity index (χ0n) is 11.5. The standard InChI is InChI=1S/C15H18ClIN2S/c1-20-14-4-2-3-13(14)19-12-6-5-10(17)9-11(12)18-15(19)7-8-16/h5-6,9,13-14H,2-4,7-8H2,1H3. The molecule has 2 aromatic rings. The smallest absolute Gasteiger partial charge is 0.111 e. The average Bonchev–Trinajstić information content (AvgIpc) is 3.01. The number of hydrogen-bond acceptors (Lipinski definition) is 2. The Bertz CT molecular complexity index is 613. The highest BCUT2D eigenvalue weighted by atomic mass is 127. The van der Waals surface area contributed by atoms with Crippen LogP contribution in [-0.2, 0) is 6.42 Å². The third kappa shape index (κ3) is 2.71. The molecule has 0 aliphatic heterocycles. The van der Waals surface area contributed by atoms with Crippen LogP contribution in [0.3, 0.4) is 0 Å². The quantitative estimate of drug-likeness (QED) is 0.518. The number of rotatable bonds is 4. The molecule has 5 heteroatoms. The van der Waals surface area contributed by atoms with Crippen molar-refractivity contribution in [3.63, 3.8) is 0 Å². The third-order valence-corrected chi connectivity index (χ3v) is 6.11. The number of alkyl halides is 1. The Morgan fingerprint density at radius 2 is 2.30 bits per heavy atom. The van der Waals surface area contributed by atoms with E-state index in [0.717, 1.165) is 17.8 Å². The summed E-state index contributed by atoms with van der Waals surface area (Å²) in [5.74, 6) is 1.79. The van der Waals surface area contributed by atoms with Crippen LogP contribution in [0.15, 0.2) is 18.2 Å². The molecular weight excluding hydrogens is 403 g/mol. The fraction of sp³-hybridized carbons (Fsp3) is 0.533. The van der Waals surface area contributed by atoms with E-state index in [9.17, 15) is 0 Å². The van der Waals surface area contributed by atoms with Crippen molar-refractivity contribution >= 4 is 57.0 Å². The Morgan fingerprint density at radius 3 is 3.05 bits per heavy atom. The van der Waals surface area contributed by atoms with Crippen molar-refractivity contribution in [1.82, 2.24) is 9.55 Å². The van der Waals surface area contributed by atoms with Gasteiger partial charge in [0, 0.05) is 27.2 Å². The summed E-state index contributed by atoms with van der Waals surface area (Å²) in [7, 11) is 0. The van der Waals surface area contributed by atoms with Gasteiger partial charge in [-0.15, -0.1) is 11.6 Å². The number of imidazole rings is 1. The topological polar surface area (TPSA) is 17.8 Å². The van der Waals surface area contributed by atoms with Crippen LogP contribution in [-0.4, -0.2) is 26.9 Å². The fourth-order valence-electron chi connectivity index (χ4n) is 3.23. The number of hydrogen-bond donors (Lipinski definition) is 0. The lowest BCUT2D eigenvalue weighted by atomic mass is 10.2. The molecule has 0 saturated heterocycles. The molecule has 108 valence electrons. The zero-order chi connectivity index (χ0) is 14.1. The predicted octanol–water partition coefficient (Wildman–Crippen LogP) is 4.88. The number of aryl methyl sites for hydroxylation is 1. The summed E-state index contributed by atoms with van der Waals surface area (Å²) in [6, 6.07) is 7.15. The highest BCUT2D eigenvalue weighted by Gasteiger charge is 2.30. The Kier molecular flexibility index (Phi) is 4.82. The molecule has 1 saturated carbocycles. The minimum atomic E-state index is 0.577. The first kappa shape index (κ1) is 15.0. The summed E-state index contributed by atoms with van der Waals surface area (Å²) in [6.07, 6.45) is 6.98. The molecule has 2 nitrogen and oxygen atoms in total. The number of fused-ring (bicyclic) bond motifs is 1. The SMILES string of the molecule is CSC1CCCC1n1c(CCCl)nc2cc(I)ccc21. The summed E-state index contributed by atoms with van der Waals surface area (Å²) in [5.41, 5.74) is 2.39. The van der Waals surface area contributed by atoms with Gasteiger partial charge < -0.3 is 4.57 Å². The van der Waals surface area contributed by atoms with Crippen LogP contribution < -0.4 is 0 Å². The molecule has 1 aromatic carbocycles. The second kappa shape index (κ2) is 6.44. The molecule has 1 fully saturated rings. The Morgan fingerprint density at radius 1 is 1.45 bits per heavy atom. The van der Waals surface area contributed by atoms with Gasteiger partial charge in [-0.25, -0.2) is 4.98 Å². The van der Waals surface area contributed by atoms with E-state index in [1.54, 1.807) is 0 Å². The predicted molar refractivity (Wildman–Crippen MR) is 97.1 cm³/mol.